The molecule has 0 saturated carbocycles. The van der Waals surface area contributed by atoms with Gasteiger partial charge in [-0.05, 0) is 43.2 Å². The maximum absolute atomic E-state index is 15.2. The van der Waals surface area contributed by atoms with Gasteiger partial charge in [-0.3, -0.25) is 9.78 Å². The summed E-state index contributed by atoms with van der Waals surface area (Å²) in [5.41, 5.74) is 0.798. The normalized spacial score (nSPS) is 16.0. The number of carbonyl (C=O) groups excluding carboxylic acids is 1. The molecule has 3 aromatic heterocycles. The molecule has 0 unspecified atom stereocenters. The van der Waals surface area contributed by atoms with Crippen LogP contribution in [0.3, 0.4) is 0 Å². The van der Waals surface area contributed by atoms with Gasteiger partial charge in [0.2, 0.25) is 0 Å². The van der Waals surface area contributed by atoms with E-state index in [2.05, 4.69) is 25.1 Å². The highest BCUT2D eigenvalue weighted by molar-refractivity contribution is 5.99. The van der Waals surface area contributed by atoms with Gasteiger partial charge in [0.15, 0.2) is 0 Å². The van der Waals surface area contributed by atoms with Crippen molar-refractivity contribution in [3.63, 3.8) is 0 Å². The summed E-state index contributed by atoms with van der Waals surface area (Å²) in [5.74, 6) is -0.164. The van der Waals surface area contributed by atoms with Crippen molar-refractivity contribution in [1.82, 2.24) is 30.0 Å². The molecule has 0 aliphatic carbocycles. The van der Waals surface area contributed by atoms with Gasteiger partial charge in [0.05, 0.1) is 17.0 Å². The molecule has 0 aromatic carbocycles. The first kappa shape index (κ1) is 18.1. The summed E-state index contributed by atoms with van der Waals surface area (Å²) in [6.07, 6.45) is 6.95. The Morgan fingerprint density at radius 3 is 2.61 bits per heavy atom. The molecule has 0 N–H and O–H groups in total. The monoisotopic (exact) mass is 378 g/mol. The Labute approximate surface area is 161 Å². The summed E-state index contributed by atoms with van der Waals surface area (Å²) in [4.78, 5) is 27.1. The second kappa shape index (κ2) is 7.75. The fraction of sp³-hybridized carbons (Fsp3) is 0.300. The first-order valence-corrected chi connectivity index (χ1v) is 9.11. The fourth-order valence-corrected chi connectivity index (χ4v) is 3.42. The third kappa shape index (κ3) is 3.85. The molecule has 0 radical (unpaired) electrons. The van der Waals surface area contributed by atoms with Gasteiger partial charge >= 0.3 is 0 Å². The molecule has 1 amide bonds. The molecule has 1 saturated heterocycles. The molecular formula is C20H19FN6O. The summed E-state index contributed by atoms with van der Waals surface area (Å²) in [5, 5.41) is 7.78. The summed E-state index contributed by atoms with van der Waals surface area (Å²) in [6, 6.07) is 8.68. The lowest BCUT2D eigenvalue weighted by atomic mass is 9.88. The zero-order valence-electron chi connectivity index (χ0n) is 15.2. The van der Waals surface area contributed by atoms with Crippen molar-refractivity contribution in [3.05, 3.63) is 66.5 Å². The molecule has 4 heterocycles. The number of halogens is 1. The van der Waals surface area contributed by atoms with Crippen molar-refractivity contribution >= 4 is 5.91 Å². The van der Waals surface area contributed by atoms with Crippen LogP contribution < -0.4 is 0 Å². The van der Waals surface area contributed by atoms with Gasteiger partial charge in [-0.1, -0.05) is 0 Å². The molecule has 142 valence electrons. The smallest absolute Gasteiger partial charge is 0.256 e. The Hall–Kier alpha value is -3.29. The lowest BCUT2D eigenvalue weighted by molar-refractivity contribution is 0.0433. The first-order valence-electron chi connectivity index (χ1n) is 9.11. The van der Waals surface area contributed by atoms with Gasteiger partial charge in [0.25, 0.3) is 5.91 Å². The van der Waals surface area contributed by atoms with Crippen molar-refractivity contribution in [3.8, 4) is 11.4 Å². The Bertz CT molecular complexity index is 945. The predicted molar refractivity (Wildman–Crippen MR) is 100.0 cm³/mol. The molecule has 3 aromatic rings. The van der Waals surface area contributed by atoms with Crippen molar-refractivity contribution < 1.29 is 9.18 Å². The van der Waals surface area contributed by atoms with Crippen LogP contribution >= 0.6 is 0 Å². The van der Waals surface area contributed by atoms with E-state index >= 15 is 4.39 Å². The Kier molecular flexibility index (Phi) is 5.01. The topological polar surface area (TPSA) is 84.8 Å². The predicted octanol–water partition coefficient (Wildman–Crippen LogP) is 2.52. The molecule has 7 nitrogen and oxygen atoms in total. The molecule has 0 spiro atoms. The molecule has 1 fully saturated rings. The fourth-order valence-electron chi connectivity index (χ4n) is 3.42. The molecular weight excluding hydrogens is 359 g/mol. The van der Waals surface area contributed by atoms with E-state index < -0.39 is 5.67 Å². The largest absolute Gasteiger partial charge is 0.338 e. The van der Waals surface area contributed by atoms with Crippen LogP contribution in [-0.2, 0) is 6.42 Å². The zero-order valence-corrected chi connectivity index (χ0v) is 15.2. The van der Waals surface area contributed by atoms with Crippen molar-refractivity contribution in [1.29, 1.82) is 0 Å². The number of hydrogen-bond acceptors (Lipinski definition) is 6. The van der Waals surface area contributed by atoms with Crippen molar-refractivity contribution in [2.75, 3.05) is 13.1 Å². The number of pyridine rings is 1. The van der Waals surface area contributed by atoms with Crippen molar-refractivity contribution in [2.24, 2.45) is 0 Å². The quantitative estimate of drug-likeness (QED) is 0.694. The molecule has 4 rings (SSSR count). The summed E-state index contributed by atoms with van der Waals surface area (Å²) >= 11 is 0. The van der Waals surface area contributed by atoms with Crippen LogP contribution in [0, 0.1) is 0 Å². The number of aromatic nitrogens is 5. The maximum Gasteiger partial charge on any atom is 0.256 e. The van der Waals surface area contributed by atoms with Gasteiger partial charge in [0.1, 0.15) is 17.7 Å². The highest BCUT2D eigenvalue weighted by Crippen LogP contribution is 2.31. The number of likely N-dealkylation sites (tertiary alicyclic amines) is 1. The lowest BCUT2D eigenvalue weighted by Crippen LogP contribution is -2.45. The SMILES string of the molecule is O=C(c1cccnc1-c1ccncn1)N1CCC(F)(Cc2cccnn2)CC1. The van der Waals surface area contributed by atoms with Crippen LogP contribution in [0.25, 0.3) is 11.4 Å². The van der Waals surface area contributed by atoms with E-state index in [1.807, 2.05) is 0 Å². The van der Waals surface area contributed by atoms with Gasteiger partial charge in [-0.15, -0.1) is 0 Å². The molecule has 1 aliphatic heterocycles. The second-order valence-corrected chi connectivity index (χ2v) is 6.83. The van der Waals surface area contributed by atoms with Crippen LogP contribution in [0.15, 0.2) is 55.2 Å². The molecule has 0 bridgehead atoms. The Balaban J connectivity index is 1.48. The van der Waals surface area contributed by atoms with E-state index in [0.29, 0.717) is 35.7 Å². The van der Waals surface area contributed by atoms with E-state index in [9.17, 15) is 4.79 Å². The summed E-state index contributed by atoms with van der Waals surface area (Å²) < 4.78 is 15.2. The highest BCUT2D eigenvalue weighted by Gasteiger charge is 2.37. The molecule has 28 heavy (non-hydrogen) atoms. The first-order chi connectivity index (χ1) is 13.6. The van der Waals surface area contributed by atoms with Crippen LogP contribution in [0.5, 0.6) is 0 Å². The van der Waals surface area contributed by atoms with E-state index in [-0.39, 0.29) is 25.2 Å². The minimum absolute atomic E-state index is 0.164. The Morgan fingerprint density at radius 1 is 1.07 bits per heavy atom. The van der Waals surface area contributed by atoms with Crippen LogP contribution in [0.1, 0.15) is 28.9 Å². The third-order valence-electron chi connectivity index (χ3n) is 4.93. The van der Waals surface area contributed by atoms with E-state index in [4.69, 9.17) is 0 Å². The number of amides is 1. The standard InChI is InChI=1S/C20H19FN6O/c21-20(13-15-3-1-9-25-26-15)6-11-27(12-7-20)19(28)16-4-2-8-23-18(16)17-5-10-22-14-24-17/h1-5,8-10,14H,6-7,11-13H2. The number of carbonyl (C=O) groups is 1. The van der Waals surface area contributed by atoms with Crippen LogP contribution in [-0.4, -0.2) is 54.7 Å². The molecule has 8 heteroatoms. The molecule has 0 atom stereocenters. The summed E-state index contributed by atoms with van der Waals surface area (Å²) in [6.45, 7) is 0.682. The van der Waals surface area contributed by atoms with E-state index in [1.165, 1.54) is 6.33 Å². The lowest BCUT2D eigenvalue weighted by Gasteiger charge is -2.36. The van der Waals surface area contributed by atoms with Crippen LogP contribution in [0.2, 0.25) is 0 Å². The van der Waals surface area contributed by atoms with Crippen LogP contribution in [0.4, 0.5) is 4.39 Å². The average Bonchev–Trinajstić information content (AvgIpc) is 2.75. The third-order valence-corrected chi connectivity index (χ3v) is 4.93. The summed E-state index contributed by atoms with van der Waals surface area (Å²) in [7, 11) is 0. The number of alkyl halides is 1. The minimum Gasteiger partial charge on any atom is -0.338 e. The highest BCUT2D eigenvalue weighted by atomic mass is 19.1. The molecule has 1 aliphatic rings. The second-order valence-electron chi connectivity index (χ2n) is 6.83. The number of rotatable bonds is 4. The van der Waals surface area contributed by atoms with Gasteiger partial charge in [-0.25, -0.2) is 14.4 Å². The minimum atomic E-state index is -1.38. The van der Waals surface area contributed by atoms with E-state index in [1.54, 1.807) is 53.8 Å². The average molecular weight is 378 g/mol. The zero-order chi connectivity index (χ0) is 19.4. The number of piperidine rings is 1. The van der Waals surface area contributed by atoms with Gasteiger partial charge in [0, 0.05) is 38.1 Å². The number of nitrogens with zero attached hydrogens (tertiary/aromatic N) is 6. The van der Waals surface area contributed by atoms with E-state index in [0.717, 1.165) is 0 Å². The Morgan fingerprint density at radius 2 is 1.89 bits per heavy atom. The van der Waals surface area contributed by atoms with Gasteiger partial charge < -0.3 is 4.90 Å². The maximum atomic E-state index is 15.2. The van der Waals surface area contributed by atoms with Gasteiger partial charge in [-0.2, -0.15) is 10.2 Å². The van der Waals surface area contributed by atoms with Crippen molar-refractivity contribution in [2.45, 2.75) is 24.9 Å². The number of hydrogen-bond donors (Lipinski definition) is 0.